The highest BCUT2D eigenvalue weighted by atomic mass is 79.9. The van der Waals surface area contributed by atoms with Crippen LogP contribution >= 0.6 is 15.9 Å². The molecule has 1 aromatic rings. The molecule has 1 aromatic carbocycles. The van der Waals surface area contributed by atoms with Crippen molar-refractivity contribution in [2.24, 2.45) is 0 Å². The van der Waals surface area contributed by atoms with Crippen LogP contribution in [0.3, 0.4) is 0 Å². The first-order chi connectivity index (χ1) is 5.25. The number of hydrogen-bond donors (Lipinski definition) is 0. The molecule has 60 valence electrons. The monoisotopic (exact) mass is 246 g/mol. The van der Waals surface area contributed by atoms with Gasteiger partial charge in [0.2, 0.25) is 0 Å². The van der Waals surface area contributed by atoms with Gasteiger partial charge in [-0.05, 0) is 17.7 Å². The average molecular weight is 247 g/mol. The molecule has 0 bridgehead atoms. The van der Waals surface area contributed by atoms with Crippen LogP contribution in [0.25, 0.3) is 0 Å². The van der Waals surface area contributed by atoms with E-state index in [0.717, 1.165) is 10.5 Å². The maximum atomic E-state index is 5.31. The van der Waals surface area contributed by atoms with Crippen LogP contribution in [0.15, 0.2) is 22.7 Å². The molecule has 0 saturated carbocycles. The van der Waals surface area contributed by atoms with Gasteiger partial charge in [0.1, 0.15) is 10.5 Å². The Balaban J connectivity index is 2.96. The molecule has 0 aliphatic heterocycles. The quantitative estimate of drug-likeness (QED) is 0.656. The van der Waals surface area contributed by atoms with E-state index < -0.39 is 9.76 Å². The molecule has 0 atom stereocenters. The summed E-state index contributed by atoms with van der Waals surface area (Å²) < 4.78 is 6.55. The van der Waals surface area contributed by atoms with E-state index in [0.29, 0.717) is 0 Å². The van der Waals surface area contributed by atoms with Crippen molar-refractivity contribution in [2.75, 3.05) is 0 Å². The normalized spacial score (nSPS) is 11.5. The lowest BCUT2D eigenvalue weighted by molar-refractivity contribution is 0.676. The Morgan fingerprint density at radius 2 is 2.27 bits per heavy atom. The summed E-state index contributed by atoms with van der Waals surface area (Å²) in [5.41, 5.74) is 1.30. The second kappa shape index (κ2) is 4.20. The fraction of sp³-hybridized carbons (Fsp3) is 0.143. The molecule has 0 spiro atoms. The standard InChI is InChI=1S/C7H11BrOSi2/c1-5-3-2-4-6(7(5)8)11-9-10/h2-4H,11H2,1,10H3. The van der Waals surface area contributed by atoms with E-state index in [9.17, 15) is 0 Å². The van der Waals surface area contributed by atoms with Crippen molar-refractivity contribution in [3.63, 3.8) is 0 Å². The lowest BCUT2D eigenvalue weighted by Crippen LogP contribution is -2.18. The summed E-state index contributed by atoms with van der Waals surface area (Å²) in [6, 6.07) is 6.33. The smallest absolute Gasteiger partial charge is 0.179 e. The minimum Gasteiger partial charge on any atom is -0.465 e. The Labute approximate surface area is 80.8 Å². The van der Waals surface area contributed by atoms with Gasteiger partial charge in [-0.2, -0.15) is 0 Å². The molecule has 0 N–H and O–H groups in total. The molecular weight excluding hydrogens is 236 g/mol. The van der Waals surface area contributed by atoms with E-state index in [4.69, 9.17) is 4.12 Å². The zero-order chi connectivity index (χ0) is 8.27. The van der Waals surface area contributed by atoms with Crippen LogP contribution in [-0.2, 0) is 4.12 Å². The van der Waals surface area contributed by atoms with Gasteiger partial charge >= 0.3 is 0 Å². The molecule has 0 aromatic heterocycles. The summed E-state index contributed by atoms with van der Waals surface area (Å²) in [5, 5.41) is 1.38. The molecule has 0 saturated heterocycles. The van der Waals surface area contributed by atoms with E-state index in [1.54, 1.807) is 0 Å². The maximum absolute atomic E-state index is 5.31. The van der Waals surface area contributed by atoms with Crippen molar-refractivity contribution in [1.29, 1.82) is 0 Å². The Bertz CT molecular complexity index is 252. The van der Waals surface area contributed by atoms with Crippen LogP contribution in [0.4, 0.5) is 0 Å². The second-order valence-corrected chi connectivity index (χ2v) is 6.63. The van der Waals surface area contributed by atoms with Crippen molar-refractivity contribution in [3.8, 4) is 0 Å². The highest BCUT2D eigenvalue weighted by Gasteiger charge is 2.00. The predicted octanol–water partition coefficient (Wildman–Crippen LogP) is -0.236. The third-order valence-electron chi connectivity index (χ3n) is 1.57. The van der Waals surface area contributed by atoms with E-state index in [1.165, 1.54) is 15.2 Å². The summed E-state index contributed by atoms with van der Waals surface area (Å²) in [4.78, 5) is 0. The molecule has 11 heavy (non-hydrogen) atoms. The number of halogens is 1. The molecular formula is C7H11BrOSi2. The van der Waals surface area contributed by atoms with Crippen LogP contribution in [0.5, 0.6) is 0 Å². The van der Waals surface area contributed by atoms with Gasteiger partial charge in [-0.15, -0.1) is 0 Å². The van der Waals surface area contributed by atoms with Crippen molar-refractivity contribution in [1.82, 2.24) is 0 Å². The zero-order valence-electron chi connectivity index (χ0n) is 6.73. The summed E-state index contributed by atoms with van der Waals surface area (Å²) in [6.07, 6.45) is 0. The maximum Gasteiger partial charge on any atom is 0.179 e. The summed E-state index contributed by atoms with van der Waals surface area (Å²) in [6.45, 7) is 2.11. The Kier molecular flexibility index (Phi) is 3.51. The SMILES string of the molecule is Cc1cccc([SiH2]O[SiH3])c1Br. The Morgan fingerprint density at radius 1 is 1.55 bits per heavy atom. The minimum absolute atomic E-state index is 0.436. The van der Waals surface area contributed by atoms with Crippen LogP contribution < -0.4 is 5.19 Å². The second-order valence-electron chi connectivity index (χ2n) is 2.48. The molecule has 4 heteroatoms. The number of aryl methyl sites for hydroxylation is 1. The highest BCUT2D eigenvalue weighted by Crippen LogP contribution is 2.11. The highest BCUT2D eigenvalue weighted by molar-refractivity contribution is 9.10. The first-order valence-corrected chi connectivity index (χ1v) is 6.38. The molecule has 0 fully saturated rings. The van der Waals surface area contributed by atoms with Gasteiger partial charge in [-0.1, -0.05) is 34.1 Å². The zero-order valence-corrected chi connectivity index (χ0v) is 11.7. The number of hydrogen-bond acceptors (Lipinski definition) is 1. The van der Waals surface area contributed by atoms with Gasteiger partial charge in [0, 0.05) is 4.47 Å². The molecule has 0 unspecified atom stereocenters. The molecule has 0 amide bonds. The summed E-state index contributed by atoms with van der Waals surface area (Å²) in [5.74, 6) is 0. The topological polar surface area (TPSA) is 9.23 Å². The van der Waals surface area contributed by atoms with Gasteiger partial charge in [-0.3, -0.25) is 0 Å². The Hall–Kier alpha value is 0.0938. The third-order valence-corrected chi connectivity index (χ3v) is 5.28. The van der Waals surface area contributed by atoms with E-state index in [1.807, 2.05) is 0 Å². The van der Waals surface area contributed by atoms with Crippen molar-refractivity contribution in [3.05, 3.63) is 28.2 Å². The van der Waals surface area contributed by atoms with Crippen LogP contribution in [-0.4, -0.2) is 20.2 Å². The number of rotatable bonds is 2. The minimum atomic E-state index is -0.436. The molecule has 0 aliphatic carbocycles. The van der Waals surface area contributed by atoms with E-state index in [-0.39, 0.29) is 0 Å². The lowest BCUT2D eigenvalue weighted by Gasteiger charge is -2.04. The van der Waals surface area contributed by atoms with Crippen LogP contribution in [0, 0.1) is 6.92 Å². The first-order valence-electron chi connectivity index (χ1n) is 3.48. The summed E-state index contributed by atoms with van der Waals surface area (Å²) >= 11 is 3.55. The molecule has 0 radical (unpaired) electrons. The third kappa shape index (κ3) is 2.26. The number of benzene rings is 1. The van der Waals surface area contributed by atoms with Crippen LogP contribution in [0.2, 0.25) is 0 Å². The summed E-state index contributed by atoms with van der Waals surface area (Å²) in [7, 11) is 0.424. The average Bonchev–Trinajstić information content (AvgIpc) is 1.99. The van der Waals surface area contributed by atoms with E-state index >= 15 is 0 Å². The molecule has 1 rings (SSSR count). The molecule has 0 aliphatic rings. The van der Waals surface area contributed by atoms with Gasteiger partial charge in [0.05, 0.1) is 0 Å². The largest absolute Gasteiger partial charge is 0.465 e. The van der Waals surface area contributed by atoms with E-state index in [2.05, 4.69) is 41.1 Å². The fourth-order valence-corrected chi connectivity index (χ4v) is 3.46. The lowest BCUT2D eigenvalue weighted by atomic mass is 10.2. The van der Waals surface area contributed by atoms with Crippen molar-refractivity contribution < 1.29 is 4.12 Å². The molecule has 0 heterocycles. The Morgan fingerprint density at radius 3 is 2.91 bits per heavy atom. The predicted molar refractivity (Wildman–Crippen MR) is 58.1 cm³/mol. The molecule has 1 nitrogen and oxygen atoms in total. The fourth-order valence-electron chi connectivity index (χ4n) is 0.975. The van der Waals surface area contributed by atoms with Crippen molar-refractivity contribution >= 4 is 41.4 Å². The van der Waals surface area contributed by atoms with Gasteiger partial charge in [0.15, 0.2) is 9.76 Å². The van der Waals surface area contributed by atoms with Crippen LogP contribution in [0.1, 0.15) is 5.56 Å². The first kappa shape index (κ1) is 9.18. The van der Waals surface area contributed by atoms with Gasteiger partial charge in [-0.25, -0.2) is 0 Å². The van der Waals surface area contributed by atoms with Gasteiger partial charge < -0.3 is 4.12 Å². The van der Waals surface area contributed by atoms with Crippen molar-refractivity contribution in [2.45, 2.75) is 6.92 Å². The van der Waals surface area contributed by atoms with Gasteiger partial charge in [0.25, 0.3) is 0 Å².